The zero-order chi connectivity index (χ0) is 16.2. The van der Waals surface area contributed by atoms with E-state index in [1.165, 1.54) is 0 Å². The Morgan fingerprint density at radius 1 is 1.50 bits per heavy atom. The van der Waals surface area contributed by atoms with Crippen LogP contribution in [0.5, 0.6) is 0 Å². The van der Waals surface area contributed by atoms with Crippen LogP contribution < -0.4 is 5.32 Å². The lowest BCUT2D eigenvalue weighted by molar-refractivity contribution is 0.0737. The fourth-order valence-corrected chi connectivity index (χ4v) is 2.90. The van der Waals surface area contributed by atoms with Gasteiger partial charge in [0.2, 0.25) is 0 Å². The van der Waals surface area contributed by atoms with E-state index in [1.807, 2.05) is 17.0 Å². The minimum absolute atomic E-state index is 0.0347. The number of carbonyl (C=O) groups is 1. The number of aliphatic hydroxyl groups excluding tert-OH is 1. The maximum absolute atomic E-state index is 12.4. The molecule has 5 heteroatoms. The molecular formula is C17H27N3O2. The third-order valence-corrected chi connectivity index (χ3v) is 4.57. The molecule has 2 rings (SSSR count). The van der Waals surface area contributed by atoms with Crippen molar-refractivity contribution in [2.75, 3.05) is 19.6 Å². The second-order valence-electron chi connectivity index (χ2n) is 6.87. The molecule has 2 amide bonds. The average Bonchev–Trinajstić information content (AvgIpc) is 2.53. The van der Waals surface area contributed by atoms with E-state index in [1.54, 1.807) is 19.3 Å². The van der Waals surface area contributed by atoms with Crippen molar-refractivity contribution in [3.63, 3.8) is 0 Å². The lowest BCUT2D eigenvalue weighted by Crippen LogP contribution is -2.49. The third kappa shape index (κ3) is 4.19. The number of aromatic nitrogens is 1. The number of aliphatic hydroxyl groups is 1. The van der Waals surface area contributed by atoms with Gasteiger partial charge in [0.05, 0.1) is 6.10 Å². The van der Waals surface area contributed by atoms with Gasteiger partial charge in [-0.05, 0) is 37.5 Å². The summed E-state index contributed by atoms with van der Waals surface area (Å²) in [5.74, 6) is 0.188. The van der Waals surface area contributed by atoms with Crippen LogP contribution >= 0.6 is 0 Å². The van der Waals surface area contributed by atoms with Crippen LogP contribution in [0.15, 0.2) is 24.5 Å². The highest BCUT2D eigenvalue weighted by Crippen LogP contribution is 2.22. The molecule has 2 heterocycles. The normalized spacial score (nSPS) is 20.5. The number of amides is 2. The summed E-state index contributed by atoms with van der Waals surface area (Å²) in [5, 5.41) is 12.8. The highest BCUT2D eigenvalue weighted by Gasteiger charge is 2.28. The Labute approximate surface area is 132 Å². The number of urea groups is 1. The third-order valence-electron chi connectivity index (χ3n) is 4.57. The molecule has 1 fully saturated rings. The first kappa shape index (κ1) is 16.7. The number of hydrogen-bond acceptors (Lipinski definition) is 3. The molecule has 1 aromatic heterocycles. The van der Waals surface area contributed by atoms with Crippen molar-refractivity contribution in [1.29, 1.82) is 0 Å². The number of piperidine rings is 1. The molecule has 2 unspecified atom stereocenters. The van der Waals surface area contributed by atoms with Crippen LogP contribution in [0, 0.1) is 5.92 Å². The molecule has 1 aliphatic heterocycles. The minimum atomic E-state index is -0.358. The van der Waals surface area contributed by atoms with E-state index in [0.717, 1.165) is 24.9 Å². The molecule has 0 spiro atoms. The second kappa shape index (κ2) is 7.09. The van der Waals surface area contributed by atoms with Crippen molar-refractivity contribution in [1.82, 2.24) is 15.2 Å². The molecule has 0 radical (unpaired) electrons. The standard InChI is InChI=1S/C17H27N3O2/c1-13(21)14-5-4-10-20(11-14)16(22)19-12-17(2,3)15-6-8-18-9-7-15/h6-9,13-14,21H,4-5,10-12H2,1-3H3,(H,19,22). The summed E-state index contributed by atoms with van der Waals surface area (Å²) in [7, 11) is 0. The summed E-state index contributed by atoms with van der Waals surface area (Å²) in [4.78, 5) is 18.2. The fraction of sp³-hybridized carbons (Fsp3) is 0.647. The Bertz CT molecular complexity index is 488. The summed E-state index contributed by atoms with van der Waals surface area (Å²) in [5.41, 5.74) is 1.02. The zero-order valence-corrected chi connectivity index (χ0v) is 13.7. The maximum atomic E-state index is 12.4. The van der Waals surface area contributed by atoms with Gasteiger partial charge in [-0.25, -0.2) is 4.79 Å². The first-order valence-electron chi connectivity index (χ1n) is 8.01. The van der Waals surface area contributed by atoms with E-state index < -0.39 is 0 Å². The SMILES string of the molecule is CC(O)C1CCCN(C(=O)NCC(C)(C)c2ccncc2)C1. The minimum Gasteiger partial charge on any atom is -0.393 e. The molecule has 1 aliphatic rings. The van der Waals surface area contributed by atoms with Gasteiger partial charge >= 0.3 is 6.03 Å². The van der Waals surface area contributed by atoms with E-state index in [0.29, 0.717) is 13.1 Å². The zero-order valence-electron chi connectivity index (χ0n) is 13.7. The van der Waals surface area contributed by atoms with Crippen molar-refractivity contribution in [3.05, 3.63) is 30.1 Å². The Morgan fingerprint density at radius 2 is 2.18 bits per heavy atom. The van der Waals surface area contributed by atoms with E-state index in [9.17, 15) is 9.90 Å². The van der Waals surface area contributed by atoms with Crippen LogP contribution in [-0.2, 0) is 5.41 Å². The molecule has 0 aliphatic carbocycles. The molecule has 2 atom stereocenters. The highest BCUT2D eigenvalue weighted by molar-refractivity contribution is 5.74. The first-order chi connectivity index (χ1) is 10.4. The van der Waals surface area contributed by atoms with Crippen molar-refractivity contribution in [2.24, 2.45) is 5.92 Å². The summed E-state index contributed by atoms with van der Waals surface area (Å²) in [6, 6.07) is 3.93. The van der Waals surface area contributed by atoms with E-state index in [2.05, 4.69) is 24.1 Å². The van der Waals surface area contributed by atoms with Crippen LogP contribution in [0.1, 0.15) is 39.2 Å². The molecule has 0 saturated carbocycles. The second-order valence-corrected chi connectivity index (χ2v) is 6.87. The van der Waals surface area contributed by atoms with Crippen LogP contribution in [0.2, 0.25) is 0 Å². The van der Waals surface area contributed by atoms with Gasteiger partial charge < -0.3 is 15.3 Å². The molecule has 1 saturated heterocycles. The van der Waals surface area contributed by atoms with Gasteiger partial charge in [0.15, 0.2) is 0 Å². The molecule has 22 heavy (non-hydrogen) atoms. The first-order valence-corrected chi connectivity index (χ1v) is 8.01. The number of likely N-dealkylation sites (tertiary alicyclic amines) is 1. The van der Waals surface area contributed by atoms with Gasteiger partial charge in [0.25, 0.3) is 0 Å². The fourth-order valence-electron chi connectivity index (χ4n) is 2.90. The summed E-state index contributed by atoms with van der Waals surface area (Å²) in [6.07, 6.45) is 5.14. The number of nitrogens with one attached hydrogen (secondary N) is 1. The van der Waals surface area contributed by atoms with E-state index >= 15 is 0 Å². The number of pyridine rings is 1. The van der Waals surface area contributed by atoms with Gasteiger partial charge in [0.1, 0.15) is 0 Å². The number of rotatable bonds is 4. The Balaban J connectivity index is 1.89. The van der Waals surface area contributed by atoms with Gasteiger partial charge in [-0.3, -0.25) is 4.98 Å². The predicted molar refractivity (Wildman–Crippen MR) is 86.6 cm³/mol. The molecule has 0 bridgehead atoms. The molecule has 1 aromatic rings. The van der Waals surface area contributed by atoms with Crippen molar-refractivity contribution in [2.45, 2.75) is 45.1 Å². The Kier molecular flexibility index (Phi) is 5.40. The summed E-state index contributed by atoms with van der Waals surface area (Å²) < 4.78 is 0. The van der Waals surface area contributed by atoms with Crippen molar-refractivity contribution < 1.29 is 9.90 Å². The largest absolute Gasteiger partial charge is 0.393 e. The van der Waals surface area contributed by atoms with Gasteiger partial charge in [-0.15, -0.1) is 0 Å². The lowest BCUT2D eigenvalue weighted by atomic mass is 9.85. The number of hydrogen-bond donors (Lipinski definition) is 2. The topological polar surface area (TPSA) is 65.5 Å². The molecule has 122 valence electrons. The smallest absolute Gasteiger partial charge is 0.317 e. The van der Waals surface area contributed by atoms with E-state index in [-0.39, 0.29) is 23.5 Å². The highest BCUT2D eigenvalue weighted by atomic mass is 16.3. The van der Waals surface area contributed by atoms with Gasteiger partial charge in [-0.1, -0.05) is 13.8 Å². The average molecular weight is 305 g/mol. The quantitative estimate of drug-likeness (QED) is 0.896. The predicted octanol–water partition coefficient (Wildman–Crippen LogP) is 2.16. The monoisotopic (exact) mass is 305 g/mol. The maximum Gasteiger partial charge on any atom is 0.317 e. The van der Waals surface area contributed by atoms with Crippen molar-refractivity contribution in [3.8, 4) is 0 Å². The Morgan fingerprint density at radius 3 is 2.82 bits per heavy atom. The number of nitrogens with zero attached hydrogens (tertiary/aromatic N) is 2. The molecule has 2 N–H and O–H groups in total. The summed E-state index contributed by atoms with van der Waals surface area (Å²) in [6.45, 7) is 8.00. The van der Waals surface area contributed by atoms with E-state index in [4.69, 9.17) is 0 Å². The van der Waals surface area contributed by atoms with Crippen LogP contribution in [-0.4, -0.2) is 46.8 Å². The van der Waals surface area contributed by atoms with Crippen LogP contribution in [0.3, 0.4) is 0 Å². The van der Waals surface area contributed by atoms with Crippen LogP contribution in [0.4, 0.5) is 4.79 Å². The van der Waals surface area contributed by atoms with Gasteiger partial charge in [0, 0.05) is 43.4 Å². The number of carbonyl (C=O) groups excluding carboxylic acids is 1. The van der Waals surface area contributed by atoms with Gasteiger partial charge in [-0.2, -0.15) is 0 Å². The molecule has 5 nitrogen and oxygen atoms in total. The summed E-state index contributed by atoms with van der Waals surface area (Å²) >= 11 is 0. The van der Waals surface area contributed by atoms with Crippen molar-refractivity contribution >= 4 is 6.03 Å². The lowest BCUT2D eigenvalue weighted by Gasteiger charge is -2.35. The van der Waals surface area contributed by atoms with Crippen LogP contribution in [0.25, 0.3) is 0 Å². The Hall–Kier alpha value is -1.62. The molecular weight excluding hydrogens is 278 g/mol. The molecule has 0 aromatic carbocycles.